The molecule has 0 aliphatic rings. The largest absolute Gasteiger partial charge is 0.347 e. The number of hydrogen-bond donors (Lipinski definition) is 2. The second-order valence-corrected chi connectivity index (χ2v) is 5.99. The van der Waals surface area contributed by atoms with Gasteiger partial charge in [0.05, 0.1) is 0 Å². The zero-order valence-electron chi connectivity index (χ0n) is 14.6. The third-order valence-electron chi connectivity index (χ3n) is 3.76. The lowest BCUT2D eigenvalue weighted by Crippen LogP contribution is -2.24. The Labute approximate surface area is 151 Å². The fourth-order valence-electron chi connectivity index (χ4n) is 2.41. The van der Waals surface area contributed by atoms with Crippen LogP contribution in [0.2, 0.25) is 0 Å². The van der Waals surface area contributed by atoms with Gasteiger partial charge in [0.25, 0.3) is 5.91 Å². The molecule has 26 heavy (non-hydrogen) atoms. The average Bonchev–Trinajstić information content (AvgIpc) is 2.62. The molecular weight excluding hydrogens is 331 g/mol. The quantitative estimate of drug-likeness (QED) is 0.732. The summed E-state index contributed by atoms with van der Waals surface area (Å²) in [6.07, 6.45) is 0. The van der Waals surface area contributed by atoms with E-state index in [4.69, 9.17) is 0 Å². The normalized spacial score (nSPS) is 10.4. The van der Waals surface area contributed by atoms with Crippen LogP contribution in [0.15, 0.2) is 54.6 Å². The summed E-state index contributed by atoms with van der Waals surface area (Å²) in [5.41, 5.74) is 3.12. The van der Waals surface area contributed by atoms with Crippen molar-refractivity contribution in [2.45, 2.75) is 20.4 Å². The van der Waals surface area contributed by atoms with E-state index in [1.165, 1.54) is 12.1 Å². The number of rotatable bonds is 5. The molecule has 5 nitrogen and oxygen atoms in total. The smallest absolute Gasteiger partial charge is 0.270 e. The number of nitrogens with zero attached hydrogens (tertiary/aromatic N) is 2. The van der Waals surface area contributed by atoms with Crippen molar-refractivity contribution in [3.8, 4) is 0 Å². The van der Waals surface area contributed by atoms with E-state index in [2.05, 4.69) is 20.6 Å². The van der Waals surface area contributed by atoms with Crippen molar-refractivity contribution in [3.63, 3.8) is 0 Å². The number of carbonyl (C=O) groups excluding carboxylic acids is 1. The minimum Gasteiger partial charge on any atom is -0.347 e. The molecule has 0 fully saturated rings. The molecule has 1 amide bonds. The maximum atomic E-state index is 12.9. The van der Waals surface area contributed by atoms with Gasteiger partial charge < -0.3 is 10.6 Å². The molecule has 1 heterocycles. The Hall–Kier alpha value is -3.28. The highest BCUT2D eigenvalue weighted by molar-refractivity contribution is 5.93. The number of benzene rings is 2. The van der Waals surface area contributed by atoms with E-state index in [9.17, 15) is 9.18 Å². The van der Waals surface area contributed by atoms with Crippen LogP contribution in [-0.2, 0) is 6.54 Å². The Morgan fingerprint density at radius 3 is 2.38 bits per heavy atom. The zero-order chi connectivity index (χ0) is 18.5. The van der Waals surface area contributed by atoms with Crippen LogP contribution in [0.5, 0.6) is 0 Å². The maximum Gasteiger partial charge on any atom is 0.270 e. The first-order valence-electron chi connectivity index (χ1n) is 8.21. The lowest BCUT2D eigenvalue weighted by Gasteiger charge is -2.09. The molecule has 3 aromatic rings. The molecule has 0 bridgehead atoms. The molecule has 1 aromatic heterocycles. The van der Waals surface area contributed by atoms with Crippen molar-refractivity contribution in [2.24, 2.45) is 0 Å². The van der Waals surface area contributed by atoms with Gasteiger partial charge in [-0.25, -0.2) is 14.4 Å². The molecule has 0 aliphatic carbocycles. The lowest BCUT2D eigenvalue weighted by atomic mass is 10.2. The number of anilines is 2. The van der Waals surface area contributed by atoms with Crippen molar-refractivity contribution in [1.29, 1.82) is 0 Å². The zero-order valence-corrected chi connectivity index (χ0v) is 14.6. The number of carbonyl (C=O) groups is 1. The first kappa shape index (κ1) is 17.5. The third-order valence-corrected chi connectivity index (χ3v) is 3.76. The van der Waals surface area contributed by atoms with E-state index in [1.807, 2.05) is 31.2 Å². The number of hydrogen-bond acceptors (Lipinski definition) is 4. The monoisotopic (exact) mass is 350 g/mol. The predicted octanol–water partition coefficient (Wildman–Crippen LogP) is 3.91. The van der Waals surface area contributed by atoms with E-state index >= 15 is 0 Å². The predicted molar refractivity (Wildman–Crippen MR) is 98.8 cm³/mol. The van der Waals surface area contributed by atoms with Crippen LogP contribution < -0.4 is 10.6 Å². The molecule has 132 valence electrons. The second kappa shape index (κ2) is 7.74. The van der Waals surface area contributed by atoms with Crippen LogP contribution in [0.3, 0.4) is 0 Å². The van der Waals surface area contributed by atoms with E-state index in [0.717, 1.165) is 16.8 Å². The van der Waals surface area contributed by atoms with Gasteiger partial charge in [-0.3, -0.25) is 4.79 Å². The summed E-state index contributed by atoms with van der Waals surface area (Å²) in [5.74, 6) is 0.424. The highest BCUT2D eigenvalue weighted by Crippen LogP contribution is 2.16. The van der Waals surface area contributed by atoms with E-state index in [0.29, 0.717) is 18.2 Å². The highest BCUT2D eigenvalue weighted by atomic mass is 19.1. The number of amides is 1. The molecule has 6 heteroatoms. The first-order chi connectivity index (χ1) is 12.5. The Balaban J connectivity index is 1.70. The molecule has 3 rings (SSSR count). The fraction of sp³-hybridized carbons (Fsp3) is 0.150. The number of halogens is 1. The number of aromatic nitrogens is 2. The van der Waals surface area contributed by atoms with Crippen molar-refractivity contribution >= 4 is 17.4 Å². The van der Waals surface area contributed by atoms with Crippen LogP contribution in [-0.4, -0.2) is 15.9 Å². The molecule has 2 N–H and O–H groups in total. The summed E-state index contributed by atoms with van der Waals surface area (Å²) >= 11 is 0. The topological polar surface area (TPSA) is 66.9 Å². The van der Waals surface area contributed by atoms with Gasteiger partial charge in [0.15, 0.2) is 0 Å². The third kappa shape index (κ3) is 4.63. The second-order valence-electron chi connectivity index (χ2n) is 5.99. The average molecular weight is 350 g/mol. The summed E-state index contributed by atoms with van der Waals surface area (Å²) in [5, 5.41) is 5.96. The van der Waals surface area contributed by atoms with Crippen LogP contribution in [0.25, 0.3) is 0 Å². The van der Waals surface area contributed by atoms with Gasteiger partial charge in [-0.1, -0.05) is 29.8 Å². The van der Waals surface area contributed by atoms with Gasteiger partial charge in [-0.05, 0) is 43.7 Å². The molecule has 0 saturated heterocycles. The van der Waals surface area contributed by atoms with Gasteiger partial charge in [0, 0.05) is 18.3 Å². The molecule has 2 aromatic carbocycles. The minimum atomic E-state index is -0.313. The SMILES string of the molecule is Cc1ccc(Nc2cc(C(=O)NCc3ccc(F)cc3)nc(C)n2)cc1. The van der Waals surface area contributed by atoms with Crippen LogP contribution in [0.1, 0.15) is 27.4 Å². The van der Waals surface area contributed by atoms with Crippen LogP contribution in [0, 0.1) is 19.7 Å². The highest BCUT2D eigenvalue weighted by Gasteiger charge is 2.11. The van der Waals surface area contributed by atoms with Crippen molar-refractivity contribution in [1.82, 2.24) is 15.3 Å². The molecular formula is C20H19FN4O. The van der Waals surface area contributed by atoms with E-state index in [-0.39, 0.29) is 17.4 Å². The summed E-state index contributed by atoms with van der Waals surface area (Å²) in [6.45, 7) is 4.04. The number of aryl methyl sites for hydroxylation is 2. The van der Waals surface area contributed by atoms with E-state index in [1.54, 1.807) is 25.1 Å². The summed E-state index contributed by atoms with van der Waals surface area (Å²) in [6, 6.07) is 15.5. The van der Waals surface area contributed by atoms with Gasteiger partial charge in [0.2, 0.25) is 0 Å². The molecule has 0 atom stereocenters. The Morgan fingerprint density at radius 1 is 1.00 bits per heavy atom. The summed E-state index contributed by atoms with van der Waals surface area (Å²) in [7, 11) is 0. The Morgan fingerprint density at radius 2 is 1.69 bits per heavy atom. The standard InChI is InChI=1S/C20H19FN4O/c1-13-3-9-17(10-4-13)25-19-11-18(23-14(2)24-19)20(26)22-12-15-5-7-16(21)8-6-15/h3-11H,12H2,1-2H3,(H,22,26)(H,23,24,25). The molecule has 0 spiro atoms. The minimum absolute atomic E-state index is 0.272. The fourth-order valence-corrected chi connectivity index (χ4v) is 2.41. The van der Waals surface area contributed by atoms with Gasteiger partial charge in [-0.2, -0.15) is 0 Å². The van der Waals surface area contributed by atoms with Crippen molar-refractivity contribution in [2.75, 3.05) is 5.32 Å². The molecule has 0 unspecified atom stereocenters. The maximum absolute atomic E-state index is 12.9. The van der Waals surface area contributed by atoms with Crippen LogP contribution in [0.4, 0.5) is 15.9 Å². The molecule has 0 saturated carbocycles. The summed E-state index contributed by atoms with van der Waals surface area (Å²) < 4.78 is 12.9. The Bertz CT molecular complexity index is 908. The van der Waals surface area contributed by atoms with Gasteiger partial charge in [0.1, 0.15) is 23.2 Å². The van der Waals surface area contributed by atoms with Gasteiger partial charge >= 0.3 is 0 Å². The molecule has 0 radical (unpaired) electrons. The first-order valence-corrected chi connectivity index (χ1v) is 8.21. The van der Waals surface area contributed by atoms with Crippen molar-refractivity contribution in [3.05, 3.63) is 83.1 Å². The Kier molecular flexibility index (Phi) is 5.22. The van der Waals surface area contributed by atoms with Gasteiger partial charge in [-0.15, -0.1) is 0 Å². The van der Waals surface area contributed by atoms with Crippen molar-refractivity contribution < 1.29 is 9.18 Å². The number of nitrogens with one attached hydrogen (secondary N) is 2. The summed E-state index contributed by atoms with van der Waals surface area (Å²) in [4.78, 5) is 20.9. The lowest BCUT2D eigenvalue weighted by molar-refractivity contribution is 0.0945. The van der Waals surface area contributed by atoms with Crippen LogP contribution >= 0.6 is 0 Å². The molecule has 0 aliphatic heterocycles. The van der Waals surface area contributed by atoms with E-state index < -0.39 is 0 Å².